The quantitative estimate of drug-likeness (QED) is 0.740. The third-order valence-electron chi connectivity index (χ3n) is 3.27. The number of anilines is 1. The summed E-state index contributed by atoms with van der Waals surface area (Å²) in [5.74, 6) is 0.00832. The van der Waals surface area contributed by atoms with E-state index in [0.717, 1.165) is 23.0 Å². The predicted octanol–water partition coefficient (Wildman–Crippen LogP) is 4.73. The minimum atomic E-state index is 0.00832. The number of rotatable bonds is 5. The van der Waals surface area contributed by atoms with Gasteiger partial charge < -0.3 is 5.32 Å². The molecule has 1 N–H and O–H groups in total. The van der Waals surface area contributed by atoms with Gasteiger partial charge in [0.25, 0.3) is 0 Å². The highest BCUT2D eigenvalue weighted by Crippen LogP contribution is 2.20. The first kappa shape index (κ1) is 14.5. The fraction of sp³-hybridized carbons (Fsp3) is 0.111. The number of carbonyl (C=O) groups is 1. The topological polar surface area (TPSA) is 42.0 Å². The maximum Gasteiger partial charge on any atom is 0.224 e. The van der Waals surface area contributed by atoms with E-state index < -0.39 is 0 Å². The van der Waals surface area contributed by atoms with Gasteiger partial charge in [0, 0.05) is 22.9 Å². The number of hydrogen-bond acceptors (Lipinski definition) is 3. The summed E-state index contributed by atoms with van der Waals surface area (Å²) in [5, 5.41) is 6.01. The second-order valence-corrected chi connectivity index (χ2v) is 5.86. The lowest BCUT2D eigenvalue weighted by Crippen LogP contribution is -2.11. The van der Waals surface area contributed by atoms with Crippen LogP contribution in [0.1, 0.15) is 17.7 Å². The maximum absolute atomic E-state index is 12.0. The average molecular weight is 308 g/mol. The lowest BCUT2D eigenvalue weighted by atomic mass is 10.2. The number of amides is 1. The Labute approximate surface area is 133 Å². The average Bonchev–Trinajstić information content (AvgIpc) is 3.05. The van der Waals surface area contributed by atoms with E-state index in [1.54, 1.807) is 17.5 Å². The predicted molar refractivity (Wildman–Crippen MR) is 93.0 cm³/mol. The minimum Gasteiger partial charge on any atom is -0.324 e. The van der Waals surface area contributed by atoms with Gasteiger partial charge in [-0.15, -0.1) is 11.3 Å². The van der Waals surface area contributed by atoms with E-state index in [0.29, 0.717) is 6.42 Å². The standard InChI is InChI=1S/C18H16N2OS/c21-17(11-2-1-8-15-9-5-13-22-15)20-16-10-3-6-14-7-4-12-19-18(14)16/h1,3-10,12-13H,2,11H2,(H,20,21)/b8-1-. The first-order valence-corrected chi connectivity index (χ1v) is 8.04. The van der Waals surface area contributed by atoms with Crippen LogP contribution in [0, 0.1) is 0 Å². The van der Waals surface area contributed by atoms with Crippen molar-refractivity contribution in [1.82, 2.24) is 4.98 Å². The van der Waals surface area contributed by atoms with Crippen LogP contribution in [0.5, 0.6) is 0 Å². The van der Waals surface area contributed by atoms with Crippen molar-refractivity contribution in [3.05, 3.63) is 65.0 Å². The zero-order valence-electron chi connectivity index (χ0n) is 12.0. The Morgan fingerprint density at radius 2 is 2.09 bits per heavy atom. The Balaban J connectivity index is 1.59. The number of thiophene rings is 1. The normalized spacial score (nSPS) is 11.1. The molecule has 1 amide bonds. The Hall–Kier alpha value is -2.46. The number of fused-ring (bicyclic) bond motifs is 1. The number of aromatic nitrogens is 1. The second-order valence-electron chi connectivity index (χ2n) is 4.89. The molecule has 3 rings (SSSR count). The van der Waals surface area contributed by atoms with E-state index in [9.17, 15) is 4.79 Å². The monoisotopic (exact) mass is 308 g/mol. The van der Waals surface area contributed by atoms with Gasteiger partial charge in [0.2, 0.25) is 5.91 Å². The van der Waals surface area contributed by atoms with E-state index >= 15 is 0 Å². The van der Waals surface area contributed by atoms with Crippen LogP contribution in [0.2, 0.25) is 0 Å². The van der Waals surface area contributed by atoms with E-state index in [-0.39, 0.29) is 5.91 Å². The van der Waals surface area contributed by atoms with Crippen LogP contribution in [-0.4, -0.2) is 10.9 Å². The molecule has 4 heteroatoms. The molecule has 0 fully saturated rings. The minimum absolute atomic E-state index is 0.00832. The van der Waals surface area contributed by atoms with Gasteiger partial charge in [0.1, 0.15) is 0 Å². The number of hydrogen-bond donors (Lipinski definition) is 1. The summed E-state index contributed by atoms with van der Waals surface area (Å²) in [6, 6.07) is 13.8. The van der Waals surface area contributed by atoms with Crippen LogP contribution in [0.25, 0.3) is 17.0 Å². The van der Waals surface area contributed by atoms with Gasteiger partial charge in [0.05, 0.1) is 11.2 Å². The fourth-order valence-corrected chi connectivity index (χ4v) is 2.86. The molecule has 0 bridgehead atoms. The Bertz CT molecular complexity index is 788. The lowest BCUT2D eigenvalue weighted by Gasteiger charge is -2.07. The van der Waals surface area contributed by atoms with Crippen LogP contribution in [0.15, 0.2) is 60.1 Å². The summed E-state index contributed by atoms with van der Waals surface area (Å²) in [5.41, 5.74) is 1.60. The molecule has 2 aromatic heterocycles. The highest BCUT2D eigenvalue weighted by molar-refractivity contribution is 7.10. The Morgan fingerprint density at radius 3 is 2.95 bits per heavy atom. The zero-order chi connectivity index (χ0) is 15.2. The van der Waals surface area contributed by atoms with Crippen molar-refractivity contribution < 1.29 is 4.79 Å². The molecule has 3 nitrogen and oxygen atoms in total. The van der Waals surface area contributed by atoms with Crippen molar-refractivity contribution in [2.24, 2.45) is 0 Å². The van der Waals surface area contributed by atoms with E-state index in [2.05, 4.69) is 22.4 Å². The molecular formula is C18H16N2OS. The van der Waals surface area contributed by atoms with Crippen molar-refractivity contribution in [3.63, 3.8) is 0 Å². The molecule has 0 aliphatic carbocycles. The highest BCUT2D eigenvalue weighted by atomic mass is 32.1. The first-order valence-electron chi connectivity index (χ1n) is 7.16. The molecule has 0 saturated carbocycles. The summed E-state index contributed by atoms with van der Waals surface area (Å²) in [7, 11) is 0. The molecule has 2 heterocycles. The van der Waals surface area contributed by atoms with Crippen LogP contribution in [0.4, 0.5) is 5.69 Å². The molecule has 3 aromatic rings. The number of allylic oxidation sites excluding steroid dienone is 1. The van der Waals surface area contributed by atoms with Gasteiger partial charge in [0.15, 0.2) is 0 Å². The number of benzene rings is 1. The van der Waals surface area contributed by atoms with Gasteiger partial charge in [-0.25, -0.2) is 0 Å². The van der Waals surface area contributed by atoms with Crippen molar-refractivity contribution in [2.75, 3.05) is 5.32 Å². The van der Waals surface area contributed by atoms with E-state index in [1.807, 2.05) is 47.9 Å². The van der Waals surface area contributed by atoms with E-state index in [1.165, 1.54) is 4.88 Å². The summed E-state index contributed by atoms with van der Waals surface area (Å²) in [4.78, 5) is 17.6. The zero-order valence-corrected chi connectivity index (χ0v) is 12.8. The molecule has 110 valence electrons. The van der Waals surface area contributed by atoms with Crippen molar-refractivity contribution >= 4 is 39.9 Å². The van der Waals surface area contributed by atoms with Gasteiger partial charge in [-0.05, 0) is 36.1 Å². The molecule has 1 aromatic carbocycles. The van der Waals surface area contributed by atoms with Crippen LogP contribution in [-0.2, 0) is 4.79 Å². The van der Waals surface area contributed by atoms with Crippen molar-refractivity contribution in [2.45, 2.75) is 12.8 Å². The molecule has 0 spiro atoms. The number of nitrogens with zero attached hydrogens (tertiary/aromatic N) is 1. The summed E-state index contributed by atoms with van der Waals surface area (Å²) >= 11 is 1.69. The van der Waals surface area contributed by atoms with Gasteiger partial charge in [-0.1, -0.05) is 30.3 Å². The van der Waals surface area contributed by atoms with Gasteiger partial charge in [-0.3, -0.25) is 9.78 Å². The third kappa shape index (κ3) is 3.59. The van der Waals surface area contributed by atoms with Gasteiger partial charge >= 0.3 is 0 Å². The van der Waals surface area contributed by atoms with Crippen molar-refractivity contribution in [3.8, 4) is 0 Å². The van der Waals surface area contributed by atoms with E-state index in [4.69, 9.17) is 0 Å². The SMILES string of the molecule is O=C(CC/C=C\c1cccs1)Nc1cccc2cccnc12. The lowest BCUT2D eigenvalue weighted by molar-refractivity contribution is -0.116. The van der Waals surface area contributed by atoms with Crippen LogP contribution >= 0.6 is 11.3 Å². The smallest absolute Gasteiger partial charge is 0.224 e. The summed E-state index contributed by atoms with van der Waals surface area (Å²) in [6.07, 6.45) is 7.01. The number of nitrogens with one attached hydrogen (secondary N) is 1. The number of para-hydroxylation sites is 1. The summed E-state index contributed by atoms with van der Waals surface area (Å²) in [6.45, 7) is 0. The number of pyridine rings is 1. The molecule has 0 saturated heterocycles. The molecule has 0 aliphatic heterocycles. The molecule has 0 aliphatic rings. The largest absolute Gasteiger partial charge is 0.324 e. The van der Waals surface area contributed by atoms with Crippen LogP contribution in [0.3, 0.4) is 0 Å². The summed E-state index contributed by atoms with van der Waals surface area (Å²) < 4.78 is 0. The Kier molecular flexibility index (Phi) is 4.61. The maximum atomic E-state index is 12.0. The van der Waals surface area contributed by atoms with Crippen molar-refractivity contribution in [1.29, 1.82) is 0 Å². The van der Waals surface area contributed by atoms with Crippen LogP contribution < -0.4 is 5.32 Å². The third-order valence-corrected chi connectivity index (χ3v) is 4.11. The highest BCUT2D eigenvalue weighted by Gasteiger charge is 2.05. The second kappa shape index (κ2) is 7.00. The fourth-order valence-electron chi connectivity index (χ4n) is 2.22. The number of carbonyl (C=O) groups excluding carboxylic acids is 1. The molecule has 0 atom stereocenters. The molecule has 0 radical (unpaired) electrons. The first-order chi connectivity index (χ1) is 10.8. The van der Waals surface area contributed by atoms with Gasteiger partial charge in [-0.2, -0.15) is 0 Å². The molecule has 0 unspecified atom stereocenters. The Morgan fingerprint density at radius 1 is 1.18 bits per heavy atom. The molecule has 22 heavy (non-hydrogen) atoms. The molecular weight excluding hydrogens is 292 g/mol.